The predicted octanol–water partition coefficient (Wildman–Crippen LogP) is -0.413. The maximum absolute atomic E-state index is 12.3. The van der Waals surface area contributed by atoms with Gasteiger partial charge in [0.15, 0.2) is 0 Å². The SMILES string of the molecule is CC(C(=O)N1CCCC1)N1CC(N2CCNCC2)C1. The van der Waals surface area contributed by atoms with E-state index >= 15 is 0 Å². The Morgan fingerprint density at radius 3 is 2.37 bits per heavy atom. The van der Waals surface area contributed by atoms with E-state index in [1.165, 1.54) is 12.8 Å². The summed E-state index contributed by atoms with van der Waals surface area (Å²) in [5, 5.41) is 3.39. The minimum absolute atomic E-state index is 0.0808. The number of hydrogen-bond acceptors (Lipinski definition) is 4. The van der Waals surface area contributed by atoms with Gasteiger partial charge in [-0.2, -0.15) is 0 Å². The van der Waals surface area contributed by atoms with Crippen LogP contribution in [0.5, 0.6) is 0 Å². The highest BCUT2D eigenvalue weighted by atomic mass is 16.2. The lowest BCUT2D eigenvalue weighted by Crippen LogP contribution is -2.66. The van der Waals surface area contributed by atoms with E-state index in [0.29, 0.717) is 11.9 Å². The van der Waals surface area contributed by atoms with Crippen LogP contribution >= 0.6 is 0 Å². The number of nitrogens with zero attached hydrogens (tertiary/aromatic N) is 3. The monoisotopic (exact) mass is 266 g/mol. The van der Waals surface area contributed by atoms with Crippen molar-refractivity contribution in [2.75, 3.05) is 52.4 Å². The Balaban J connectivity index is 1.45. The Morgan fingerprint density at radius 1 is 1.11 bits per heavy atom. The summed E-state index contributed by atoms with van der Waals surface area (Å²) >= 11 is 0. The molecule has 5 nitrogen and oxygen atoms in total. The number of rotatable bonds is 3. The molecule has 1 amide bonds. The van der Waals surface area contributed by atoms with Gasteiger partial charge >= 0.3 is 0 Å². The van der Waals surface area contributed by atoms with Crippen LogP contribution in [0, 0.1) is 0 Å². The Hall–Kier alpha value is -0.650. The van der Waals surface area contributed by atoms with Crippen LogP contribution in [0.4, 0.5) is 0 Å². The van der Waals surface area contributed by atoms with Crippen LogP contribution in [0.25, 0.3) is 0 Å². The van der Waals surface area contributed by atoms with Crippen LogP contribution < -0.4 is 5.32 Å². The fraction of sp³-hybridized carbons (Fsp3) is 0.929. The molecule has 0 spiro atoms. The van der Waals surface area contributed by atoms with Gasteiger partial charge in [-0.05, 0) is 19.8 Å². The predicted molar refractivity (Wildman–Crippen MR) is 75.1 cm³/mol. The minimum atomic E-state index is 0.0808. The van der Waals surface area contributed by atoms with Gasteiger partial charge in [0.05, 0.1) is 6.04 Å². The number of amides is 1. The van der Waals surface area contributed by atoms with Gasteiger partial charge < -0.3 is 10.2 Å². The van der Waals surface area contributed by atoms with Crippen molar-refractivity contribution in [3.8, 4) is 0 Å². The average molecular weight is 266 g/mol. The highest BCUT2D eigenvalue weighted by Crippen LogP contribution is 2.20. The average Bonchev–Trinajstić information content (AvgIpc) is 2.91. The molecule has 19 heavy (non-hydrogen) atoms. The number of nitrogens with one attached hydrogen (secondary N) is 1. The third kappa shape index (κ3) is 2.78. The maximum Gasteiger partial charge on any atom is 0.239 e. The highest BCUT2D eigenvalue weighted by molar-refractivity contribution is 5.81. The second kappa shape index (κ2) is 5.77. The summed E-state index contributed by atoms with van der Waals surface area (Å²) in [6.45, 7) is 10.7. The van der Waals surface area contributed by atoms with Crippen molar-refractivity contribution in [1.29, 1.82) is 0 Å². The topological polar surface area (TPSA) is 38.8 Å². The molecule has 3 heterocycles. The normalized spacial score (nSPS) is 28.4. The Morgan fingerprint density at radius 2 is 1.74 bits per heavy atom. The fourth-order valence-corrected chi connectivity index (χ4v) is 3.44. The standard InChI is InChI=1S/C14H26N4O/c1-12(14(19)17-6-2-3-7-17)18-10-13(11-18)16-8-4-15-5-9-16/h12-13,15H,2-11H2,1H3. The minimum Gasteiger partial charge on any atom is -0.341 e. The lowest BCUT2D eigenvalue weighted by molar-refractivity contribution is -0.138. The van der Waals surface area contributed by atoms with Crippen LogP contribution in [0.2, 0.25) is 0 Å². The van der Waals surface area contributed by atoms with E-state index in [2.05, 4.69) is 22.0 Å². The third-order valence-electron chi connectivity index (χ3n) is 4.88. The third-order valence-corrected chi connectivity index (χ3v) is 4.88. The van der Waals surface area contributed by atoms with Gasteiger partial charge in [-0.15, -0.1) is 0 Å². The zero-order valence-electron chi connectivity index (χ0n) is 12.0. The summed E-state index contributed by atoms with van der Waals surface area (Å²) in [5.41, 5.74) is 0. The number of carbonyl (C=O) groups excluding carboxylic acids is 1. The molecule has 1 unspecified atom stereocenters. The van der Waals surface area contributed by atoms with Crippen LogP contribution in [0.15, 0.2) is 0 Å². The molecule has 1 N–H and O–H groups in total. The first-order chi connectivity index (χ1) is 9.25. The molecule has 5 heteroatoms. The Bertz CT molecular complexity index is 317. The first kappa shape index (κ1) is 13.3. The van der Waals surface area contributed by atoms with Gasteiger partial charge in [-0.3, -0.25) is 14.6 Å². The fourth-order valence-electron chi connectivity index (χ4n) is 3.44. The van der Waals surface area contributed by atoms with E-state index in [9.17, 15) is 4.79 Å². The van der Waals surface area contributed by atoms with Gasteiger partial charge in [0.1, 0.15) is 0 Å². The molecule has 0 aromatic rings. The molecule has 3 aliphatic rings. The number of hydrogen-bond donors (Lipinski definition) is 1. The van der Waals surface area contributed by atoms with E-state index in [4.69, 9.17) is 0 Å². The van der Waals surface area contributed by atoms with E-state index in [-0.39, 0.29) is 6.04 Å². The molecule has 0 radical (unpaired) electrons. The van der Waals surface area contributed by atoms with Crippen molar-refractivity contribution in [3.63, 3.8) is 0 Å². The van der Waals surface area contributed by atoms with E-state index in [1.54, 1.807) is 0 Å². The van der Waals surface area contributed by atoms with Crippen LogP contribution in [-0.4, -0.2) is 85.0 Å². The Kier molecular flexibility index (Phi) is 4.05. The zero-order chi connectivity index (χ0) is 13.2. The second-order valence-electron chi connectivity index (χ2n) is 6.10. The van der Waals surface area contributed by atoms with Crippen molar-refractivity contribution in [3.05, 3.63) is 0 Å². The second-order valence-corrected chi connectivity index (χ2v) is 6.10. The van der Waals surface area contributed by atoms with E-state index < -0.39 is 0 Å². The molecule has 108 valence electrons. The number of piperazine rings is 1. The van der Waals surface area contributed by atoms with Gasteiger partial charge in [-0.1, -0.05) is 0 Å². The maximum atomic E-state index is 12.3. The summed E-state index contributed by atoms with van der Waals surface area (Å²) in [6.07, 6.45) is 2.36. The Labute approximate surface area is 115 Å². The quantitative estimate of drug-likeness (QED) is 0.753. The molecular weight excluding hydrogens is 240 g/mol. The number of likely N-dealkylation sites (tertiary alicyclic amines) is 2. The molecule has 3 aliphatic heterocycles. The summed E-state index contributed by atoms with van der Waals surface area (Å²) < 4.78 is 0. The summed E-state index contributed by atoms with van der Waals surface area (Å²) in [4.78, 5) is 19.3. The molecule has 0 aromatic heterocycles. The van der Waals surface area contributed by atoms with Gasteiger partial charge in [-0.25, -0.2) is 0 Å². The number of carbonyl (C=O) groups is 1. The molecule has 0 bridgehead atoms. The largest absolute Gasteiger partial charge is 0.341 e. The van der Waals surface area contributed by atoms with Crippen LogP contribution in [0.1, 0.15) is 19.8 Å². The first-order valence-corrected chi connectivity index (χ1v) is 7.73. The summed E-state index contributed by atoms with van der Waals surface area (Å²) in [6, 6.07) is 0.758. The molecular formula is C14H26N4O. The first-order valence-electron chi connectivity index (χ1n) is 7.73. The summed E-state index contributed by atoms with van der Waals surface area (Å²) in [7, 11) is 0. The van der Waals surface area contributed by atoms with Crippen molar-refractivity contribution in [1.82, 2.24) is 20.0 Å². The van der Waals surface area contributed by atoms with Crippen molar-refractivity contribution in [2.24, 2.45) is 0 Å². The van der Waals surface area contributed by atoms with Crippen LogP contribution in [-0.2, 0) is 4.79 Å². The summed E-state index contributed by atoms with van der Waals surface area (Å²) in [5.74, 6) is 0.344. The molecule has 0 aliphatic carbocycles. The van der Waals surface area contributed by atoms with E-state index in [1.807, 2.05) is 4.90 Å². The van der Waals surface area contributed by atoms with Crippen molar-refractivity contribution in [2.45, 2.75) is 31.8 Å². The highest BCUT2D eigenvalue weighted by Gasteiger charge is 2.38. The van der Waals surface area contributed by atoms with Crippen molar-refractivity contribution >= 4 is 5.91 Å². The van der Waals surface area contributed by atoms with Gasteiger partial charge in [0.25, 0.3) is 0 Å². The zero-order valence-corrected chi connectivity index (χ0v) is 12.0. The van der Waals surface area contributed by atoms with E-state index in [0.717, 1.165) is 52.4 Å². The van der Waals surface area contributed by atoms with Gasteiger partial charge in [0, 0.05) is 58.4 Å². The molecule has 3 rings (SSSR count). The lowest BCUT2D eigenvalue weighted by Gasteiger charge is -2.49. The molecule has 1 atom stereocenters. The molecule has 0 aromatic carbocycles. The smallest absolute Gasteiger partial charge is 0.239 e. The molecule has 3 saturated heterocycles. The molecule has 3 fully saturated rings. The van der Waals surface area contributed by atoms with Crippen molar-refractivity contribution < 1.29 is 4.79 Å². The van der Waals surface area contributed by atoms with Crippen LogP contribution in [0.3, 0.4) is 0 Å². The lowest BCUT2D eigenvalue weighted by atomic mass is 10.0. The molecule has 0 saturated carbocycles. The van der Waals surface area contributed by atoms with Gasteiger partial charge in [0.2, 0.25) is 5.91 Å².